The number of nitrogens with one attached hydrogen (secondary N) is 1. The molecule has 1 N–H and O–H groups in total. The van der Waals surface area contributed by atoms with E-state index in [1.165, 1.54) is 25.7 Å². The molecule has 2 aliphatic heterocycles. The Hall–Kier alpha value is -0.130. The van der Waals surface area contributed by atoms with E-state index < -0.39 is 9.84 Å². The molecule has 18 heavy (non-hydrogen) atoms. The summed E-state index contributed by atoms with van der Waals surface area (Å²) >= 11 is 0. The second kappa shape index (κ2) is 5.88. The molecular weight excluding hydrogens is 248 g/mol. The molecule has 0 aromatic heterocycles. The SMILES string of the molecule is CCCS(=O)(=O)CCN(C)C1CC2CCC(C1)N2. The van der Waals surface area contributed by atoms with Crippen molar-refractivity contribution >= 4 is 9.84 Å². The lowest BCUT2D eigenvalue weighted by Gasteiger charge is -2.35. The Bertz CT molecular complexity index is 357. The summed E-state index contributed by atoms with van der Waals surface area (Å²) in [6.45, 7) is 2.61. The number of sulfone groups is 1. The molecule has 0 aliphatic carbocycles. The average molecular weight is 274 g/mol. The highest BCUT2D eigenvalue weighted by atomic mass is 32.2. The van der Waals surface area contributed by atoms with Crippen molar-refractivity contribution in [3.05, 3.63) is 0 Å². The van der Waals surface area contributed by atoms with Crippen LogP contribution in [0.2, 0.25) is 0 Å². The van der Waals surface area contributed by atoms with Gasteiger partial charge >= 0.3 is 0 Å². The lowest BCUT2D eigenvalue weighted by atomic mass is 9.99. The fourth-order valence-corrected chi connectivity index (χ4v) is 4.66. The molecule has 2 heterocycles. The lowest BCUT2D eigenvalue weighted by molar-refractivity contribution is 0.180. The zero-order valence-electron chi connectivity index (χ0n) is 11.6. The molecule has 0 radical (unpaired) electrons. The Labute approximate surface area is 111 Å². The van der Waals surface area contributed by atoms with Gasteiger partial charge in [-0.15, -0.1) is 0 Å². The predicted molar refractivity (Wildman–Crippen MR) is 74.5 cm³/mol. The Morgan fingerprint density at radius 3 is 2.33 bits per heavy atom. The van der Waals surface area contributed by atoms with Crippen molar-refractivity contribution in [1.82, 2.24) is 10.2 Å². The standard InChI is InChI=1S/C13H26N2O2S/c1-3-7-18(16,17)8-6-15(2)13-9-11-4-5-12(10-13)14-11/h11-14H,3-10H2,1-2H3. The van der Waals surface area contributed by atoms with Crippen LogP contribution in [0.5, 0.6) is 0 Å². The van der Waals surface area contributed by atoms with Gasteiger partial charge in [-0.05, 0) is 39.2 Å². The third-order valence-electron chi connectivity index (χ3n) is 4.34. The van der Waals surface area contributed by atoms with Gasteiger partial charge in [0.15, 0.2) is 9.84 Å². The van der Waals surface area contributed by atoms with Crippen molar-refractivity contribution in [2.24, 2.45) is 0 Å². The first-order chi connectivity index (χ1) is 8.50. The molecule has 0 aromatic carbocycles. The molecule has 2 saturated heterocycles. The number of rotatable bonds is 6. The monoisotopic (exact) mass is 274 g/mol. The molecule has 0 aromatic rings. The molecule has 2 rings (SSSR count). The first kappa shape index (κ1) is 14.3. The summed E-state index contributed by atoms with van der Waals surface area (Å²) in [5, 5.41) is 3.62. The van der Waals surface area contributed by atoms with Crippen LogP contribution in [0.4, 0.5) is 0 Å². The highest BCUT2D eigenvalue weighted by molar-refractivity contribution is 7.91. The first-order valence-electron chi connectivity index (χ1n) is 7.17. The zero-order chi connectivity index (χ0) is 13.2. The van der Waals surface area contributed by atoms with Crippen LogP contribution in [0.1, 0.15) is 39.0 Å². The Balaban J connectivity index is 1.80. The highest BCUT2D eigenvalue weighted by Gasteiger charge is 2.35. The Kier molecular flexibility index (Phi) is 4.67. The van der Waals surface area contributed by atoms with Gasteiger partial charge in [-0.2, -0.15) is 0 Å². The van der Waals surface area contributed by atoms with Crippen LogP contribution in [0, 0.1) is 0 Å². The van der Waals surface area contributed by atoms with E-state index >= 15 is 0 Å². The summed E-state index contributed by atoms with van der Waals surface area (Å²) in [6, 6.07) is 1.91. The molecule has 2 aliphatic rings. The molecule has 4 nitrogen and oxygen atoms in total. The van der Waals surface area contributed by atoms with Gasteiger partial charge in [-0.25, -0.2) is 8.42 Å². The van der Waals surface area contributed by atoms with Gasteiger partial charge in [0, 0.05) is 30.4 Å². The molecule has 2 bridgehead atoms. The number of hydrogen-bond acceptors (Lipinski definition) is 4. The quantitative estimate of drug-likeness (QED) is 0.786. The molecule has 2 fully saturated rings. The molecule has 0 saturated carbocycles. The van der Waals surface area contributed by atoms with Crippen LogP contribution < -0.4 is 5.32 Å². The minimum atomic E-state index is -2.83. The normalized spacial score (nSPS) is 32.1. The predicted octanol–water partition coefficient (Wildman–Crippen LogP) is 1.03. The number of fused-ring (bicyclic) bond motifs is 2. The largest absolute Gasteiger partial charge is 0.311 e. The third kappa shape index (κ3) is 3.68. The zero-order valence-corrected chi connectivity index (χ0v) is 12.4. The lowest BCUT2D eigenvalue weighted by Crippen LogP contribution is -2.47. The maximum absolute atomic E-state index is 11.7. The summed E-state index contributed by atoms with van der Waals surface area (Å²) in [6.07, 6.45) is 5.68. The maximum Gasteiger partial charge on any atom is 0.151 e. The molecule has 0 amide bonds. The molecular formula is C13H26N2O2S. The number of hydrogen-bond donors (Lipinski definition) is 1. The van der Waals surface area contributed by atoms with E-state index in [0.29, 0.717) is 36.2 Å². The summed E-state index contributed by atoms with van der Waals surface area (Å²) < 4.78 is 23.4. The first-order valence-corrected chi connectivity index (χ1v) is 8.99. The van der Waals surface area contributed by atoms with E-state index in [0.717, 1.165) is 6.42 Å². The van der Waals surface area contributed by atoms with E-state index in [4.69, 9.17) is 0 Å². The number of nitrogens with zero attached hydrogens (tertiary/aromatic N) is 1. The minimum Gasteiger partial charge on any atom is -0.311 e. The summed E-state index contributed by atoms with van der Waals surface area (Å²) in [5.41, 5.74) is 0. The fourth-order valence-electron chi connectivity index (χ4n) is 3.27. The van der Waals surface area contributed by atoms with E-state index in [1.54, 1.807) is 0 Å². The van der Waals surface area contributed by atoms with Gasteiger partial charge < -0.3 is 10.2 Å². The van der Waals surface area contributed by atoms with Crippen molar-refractivity contribution in [2.45, 2.75) is 57.2 Å². The second-order valence-electron chi connectivity index (χ2n) is 5.90. The number of piperidine rings is 1. The van der Waals surface area contributed by atoms with Crippen LogP contribution in [-0.2, 0) is 9.84 Å². The van der Waals surface area contributed by atoms with E-state index in [2.05, 4.69) is 17.3 Å². The molecule has 0 spiro atoms. The van der Waals surface area contributed by atoms with Crippen LogP contribution in [0.15, 0.2) is 0 Å². The third-order valence-corrected chi connectivity index (χ3v) is 6.18. The van der Waals surface area contributed by atoms with Crippen molar-refractivity contribution in [3.8, 4) is 0 Å². The van der Waals surface area contributed by atoms with Crippen LogP contribution in [0.25, 0.3) is 0 Å². The van der Waals surface area contributed by atoms with E-state index in [-0.39, 0.29) is 0 Å². The Morgan fingerprint density at radius 1 is 1.17 bits per heavy atom. The topological polar surface area (TPSA) is 49.4 Å². The summed E-state index contributed by atoms with van der Waals surface area (Å²) in [7, 11) is -0.754. The smallest absolute Gasteiger partial charge is 0.151 e. The van der Waals surface area contributed by atoms with Crippen molar-refractivity contribution in [2.75, 3.05) is 25.1 Å². The minimum absolute atomic E-state index is 0.316. The van der Waals surface area contributed by atoms with Crippen LogP contribution in [-0.4, -0.2) is 56.5 Å². The van der Waals surface area contributed by atoms with Crippen molar-refractivity contribution in [1.29, 1.82) is 0 Å². The highest BCUT2D eigenvalue weighted by Crippen LogP contribution is 2.29. The molecule has 2 atom stereocenters. The van der Waals surface area contributed by atoms with Gasteiger partial charge in [0.2, 0.25) is 0 Å². The fraction of sp³-hybridized carbons (Fsp3) is 1.00. The van der Waals surface area contributed by atoms with Gasteiger partial charge in [0.05, 0.1) is 5.75 Å². The molecule has 5 heteroatoms. The second-order valence-corrected chi connectivity index (χ2v) is 8.20. The van der Waals surface area contributed by atoms with E-state index in [1.807, 2.05) is 6.92 Å². The van der Waals surface area contributed by atoms with Gasteiger partial charge in [0.1, 0.15) is 0 Å². The van der Waals surface area contributed by atoms with E-state index in [9.17, 15) is 8.42 Å². The van der Waals surface area contributed by atoms with Crippen LogP contribution in [0.3, 0.4) is 0 Å². The Morgan fingerprint density at radius 2 is 1.78 bits per heavy atom. The van der Waals surface area contributed by atoms with Crippen LogP contribution >= 0.6 is 0 Å². The summed E-state index contributed by atoms with van der Waals surface area (Å²) in [5.74, 6) is 0.648. The summed E-state index contributed by atoms with van der Waals surface area (Å²) in [4.78, 5) is 2.26. The maximum atomic E-state index is 11.7. The van der Waals surface area contributed by atoms with Gasteiger partial charge in [-0.1, -0.05) is 6.92 Å². The van der Waals surface area contributed by atoms with Gasteiger partial charge in [0.25, 0.3) is 0 Å². The average Bonchev–Trinajstić information content (AvgIpc) is 2.65. The van der Waals surface area contributed by atoms with Crippen molar-refractivity contribution in [3.63, 3.8) is 0 Å². The van der Waals surface area contributed by atoms with Crippen molar-refractivity contribution < 1.29 is 8.42 Å². The van der Waals surface area contributed by atoms with Gasteiger partial charge in [-0.3, -0.25) is 0 Å². The molecule has 2 unspecified atom stereocenters. The molecule has 106 valence electrons.